The van der Waals surface area contributed by atoms with Crippen molar-refractivity contribution in [3.63, 3.8) is 0 Å². The van der Waals surface area contributed by atoms with Crippen LogP contribution >= 0.6 is 0 Å². The number of rotatable bonds is 4. The maximum atomic E-state index is 11.3. The van der Waals surface area contributed by atoms with Crippen molar-refractivity contribution in [3.05, 3.63) is 42.1 Å². The molecule has 0 radical (unpaired) electrons. The first-order valence-electron chi connectivity index (χ1n) is 8.50. The molecule has 6 nitrogen and oxygen atoms in total. The largest absolute Gasteiger partial charge is 0.480 e. The summed E-state index contributed by atoms with van der Waals surface area (Å²) in [5, 5.41) is 5.81. The number of methoxy groups -OCH3 is 1. The van der Waals surface area contributed by atoms with Crippen molar-refractivity contribution in [3.8, 4) is 17.1 Å². The van der Waals surface area contributed by atoms with Crippen molar-refractivity contribution < 1.29 is 9.53 Å². The Morgan fingerprint density at radius 3 is 2.56 bits per heavy atom. The van der Waals surface area contributed by atoms with Gasteiger partial charge in [0.05, 0.1) is 24.1 Å². The van der Waals surface area contributed by atoms with Crippen molar-refractivity contribution >= 4 is 16.8 Å². The van der Waals surface area contributed by atoms with E-state index in [1.807, 2.05) is 18.2 Å². The van der Waals surface area contributed by atoms with E-state index in [9.17, 15) is 4.79 Å². The Balaban J connectivity index is 1.91. The van der Waals surface area contributed by atoms with Gasteiger partial charge < -0.3 is 10.5 Å². The summed E-state index contributed by atoms with van der Waals surface area (Å²) in [6.07, 6.45) is 6.50. The van der Waals surface area contributed by atoms with Crippen LogP contribution in [0.5, 0.6) is 5.88 Å². The normalized spacial score (nSPS) is 14.9. The zero-order chi connectivity index (χ0) is 17.4. The SMILES string of the molecule is COc1nccc2c1c(-c1ccc(C(N)=O)cc1)nn2C1CCCC1. The monoisotopic (exact) mass is 336 g/mol. The number of amides is 1. The van der Waals surface area contributed by atoms with Crippen LogP contribution in [0, 0.1) is 0 Å². The van der Waals surface area contributed by atoms with Gasteiger partial charge in [0.2, 0.25) is 11.8 Å². The molecule has 0 unspecified atom stereocenters. The molecule has 1 amide bonds. The van der Waals surface area contributed by atoms with Crippen LogP contribution in [0.2, 0.25) is 0 Å². The summed E-state index contributed by atoms with van der Waals surface area (Å²) in [4.78, 5) is 15.7. The van der Waals surface area contributed by atoms with Gasteiger partial charge >= 0.3 is 0 Å². The van der Waals surface area contributed by atoms with E-state index in [0.29, 0.717) is 17.5 Å². The molecule has 1 fully saturated rings. The topological polar surface area (TPSA) is 83.0 Å². The van der Waals surface area contributed by atoms with E-state index in [1.54, 1.807) is 25.4 Å². The van der Waals surface area contributed by atoms with Gasteiger partial charge in [-0.3, -0.25) is 9.48 Å². The minimum absolute atomic E-state index is 0.410. The fourth-order valence-electron chi connectivity index (χ4n) is 3.63. The predicted molar refractivity (Wildman–Crippen MR) is 95.5 cm³/mol. The third-order valence-electron chi connectivity index (χ3n) is 4.89. The van der Waals surface area contributed by atoms with Crippen LogP contribution in [0.3, 0.4) is 0 Å². The summed E-state index contributed by atoms with van der Waals surface area (Å²) in [7, 11) is 1.62. The number of primary amides is 1. The zero-order valence-electron chi connectivity index (χ0n) is 14.1. The quantitative estimate of drug-likeness (QED) is 0.792. The highest BCUT2D eigenvalue weighted by atomic mass is 16.5. The number of hydrogen-bond acceptors (Lipinski definition) is 4. The standard InChI is InChI=1S/C19H20N4O2/c1-25-19-16-15(10-11-21-19)23(14-4-2-3-5-14)22-17(16)12-6-8-13(9-7-12)18(20)24/h6-11,14H,2-5H2,1H3,(H2,20,24). The Hall–Kier alpha value is -2.89. The molecule has 1 aliphatic carbocycles. The van der Waals surface area contributed by atoms with E-state index in [-0.39, 0.29) is 0 Å². The molecule has 1 aromatic carbocycles. The van der Waals surface area contributed by atoms with Gasteiger partial charge in [0.25, 0.3) is 0 Å². The first-order valence-corrected chi connectivity index (χ1v) is 8.50. The van der Waals surface area contributed by atoms with Gasteiger partial charge in [0.15, 0.2) is 0 Å². The van der Waals surface area contributed by atoms with Gasteiger partial charge in [0.1, 0.15) is 5.69 Å². The molecule has 0 bridgehead atoms. The summed E-state index contributed by atoms with van der Waals surface area (Å²) < 4.78 is 7.60. The second-order valence-electron chi connectivity index (χ2n) is 6.39. The van der Waals surface area contributed by atoms with Crippen LogP contribution in [-0.4, -0.2) is 27.8 Å². The average molecular weight is 336 g/mol. The predicted octanol–water partition coefficient (Wildman–Crippen LogP) is 3.32. The molecule has 1 aliphatic rings. The van der Waals surface area contributed by atoms with Crippen molar-refractivity contribution in [2.45, 2.75) is 31.7 Å². The highest BCUT2D eigenvalue weighted by Gasteiger charge is 2.24. The summed E-state index contributed by atoms with van der Waals surface area (Å²) in [6.45, 7) is 0. The maximum absolute atomic E-state index is 11.3. The van der Waals surface area contributed by atoms with Crippen LogP contribution < -0.4 is 10.5 Å². The van der Waals surface area contributed by atoms with Gasteiger partial charge in [-0.1, -0.05) is 25.0 Å². The summed E-state index contributed by atoms with van der Waals surface area (Å²) in [5.74, 6) is 0.128. The van der Waals surface area contributed by atoms with E-state index >= 15 is 0 Å². The molecule has 2 aromatic heterocycles. The molecule has 2 heterocycles. The molecular weight excluding hydrogens is 316 g/mol. The van der Waals surface area contributed by atoms with Gasteiger partial charge in [-0.25, -0.2) is 4.98 Å². The number of fused-ring (bicyclic) bond motifs is 1. The van der Waals surface area contributed by atoms with Crippen LogP contribution in [0.15, 0.2) is 36.5 Å². The van der Waals surface area contributed by atoms with Crippen LogP contribution in [0.25, 0.3) is 22.2 Å². The number of carbonyl (C=O) groups is 1. The Kier molecular flexibility index (Phi) is 3.87. The Bertz CT molecular complexity index is 924. The summed E-state index contributed by atoms with van der Waals surface area (Å²) in [6, 6.07) is 9.58. The molecule has 4 rings (SSSR count). The second-order valence-corrected chi connectivity index (χ2v) is 6.39. The molecule has 25 heavy (non-hydrogen) atoms. The number of nitrogens with zero attached hydrogens (tertiary/aromatic N) is 3. The van der Waals surface area contributed by atoms with E-state index in [2.05, 4.69) is 9.67 Å². The first kappa shape index (κ1) is 15.6. The van der Waals surface area contributed by atoms with E-state index < -0.39 is 5.91 Å². The van der Waals surface area contributed by atoms with E-state index in [1.165, 1.54) is 12.8 Å². The minimum Gasteiger partial charge on any atom is -0.480 e. The molecular formula is C19H20N4O2. The van der Waals surface area contributed by atoms with Crippen molar-refractivity contribution in [2.75, 3.05) is 7.11 Å². The van der Waals surface area contributed by atoms with Gasteiger partial charge in [-0.2, -0.15) is 5.10 Å². The number of nitrogens with two attached hydrogens (primary N) is 1. The summed E-state index contributed by atoms with van der Waals surface area (Å²) >= 11 is 0. The van der Waals surface area contributed by atoms with E-state index in [4.69, 9.17) is 15.6 Å². The molecule has 1 saturated carbocycles. The second kappa shape index (κ2) is 6.20. The van der Waals surface area contributed by atoms with Gasteiger partial charge in [0, 0.05) is 17.3 Å². The zero-order valence-corrected chi connectivity index (χ0v) is 14.1. The lowest BCUT2D eigenvalue weighted by molar-refractivity contribution is 0.100. The van der Waals surface area contributed by atoms with Gasteiger partial charge in [-0.15, -0.1) is 0 Å². The number of hydrogen-bond donors (Lipinski definition) is 1. The maximum Gasteiger partial charge on any atom is 0.248 e. The van der Waals surface area contributed by atoms with Crippen molar-refractivity contribution in [2.24, 2.45) is 5.73 Å². The van der Waals surface area contributed by atoms with Crippen LogP contribution in [-0.2, 0) is 0 Å². The van der Waals surface area contributed by atoms with Crippen molar-refractivity contribution in [1.29, 1.82) is 0 Å². The Labute approximate surface area is 145 Å². The number of carbonyl (C=O) groups excluding carboxylic acids is 1. The lowest BCUT2D eigenvalue weighted by atomic mass is 10.1. The summed E-state index contributed by atoms with van der Waals surface area (Å²) in [5.41, 5.74) is 8.59. The van der Waals surface area contributed by atoms with E-state index in [0.717, 1.165) is 35.0 Å². The fraction of sp³-hybridized carbons (Fsp3) is 0.316. The minimum atomic E-state index is -0.438. The molecule has 3 aromatic rings. The number of benzene rings is 1. The Morgan fingerprint density at radius 1 is 1.20 bits per heavy atom. The highest BCUT2D eigenvalue weighted by Crippen LogP contribution is 2.38. The average Bonchev–Trinajstić information content (AvgIpc) is 3.29. The van der Waals surface area contributed by atoms with Crippen molar-refractivity contribution in [1.82, 2.24) is 14.8 Å². The smallest absolute Gasteiger partial charge is 0.248 e. The van der Waals surface area contributed by atoms with Crippen LogP contribution in [0.1, 0.15) is 42.1 Å². The number of aromatic nitrogens is 3. The lowest BCUT2D eigenvalue weighted by Crippen LogP contribution is -2.10. The fourth-order valence-corrected chi connectivity index (χ4v) is 3.63. The third kappa shape index (κ3) is 2.63. The molecule has 6 heteroatoms. The van der Waals surface area contributed by atoms with Gasteiger partial charge in [-0.05, 0) is 31.0 Å². The van der Waals surface area contributed by atoms with Crippen LogP contribution in [0.4, 0.5) is 0 Å². The molecule has 0 atom stereocenters. The number of pyridine rings is 1. The molecule has 0 aliphatic heterocycles. The molecule has 0 saturated heterocycles. The molecule has 128 valence electrons. The first-order chi connectivity index (χ1) is 12.2. The highest BCUT2D eigenvalue weighted by molar-refractivity contribution is 5.98. The third-order valence-corrected chi connectivity index (χ3v) is 4.89. The molecule has 2 N–H and O–H groups in total. The lowest BCUT2D eigenvalue weighted by Gasteiger charge is -2.11. The molecule has 0 spiro atoms. The Morgan fingerprint density at radius 2 is 1.92 bits per heavy atom. The number of ether oxygens (including phenoxy) is 1.